The van der Waals surface area contributed by atoms with Gasteiger partial charge in [-0.2, -0.15) is 0 Å². The summed E-state index contributed by atoms with van der Waals surface area (Å²) in [6.45, 7) is 15.9. The van der Waals surface area contributed by atoms with E-state index in [1.165, 1.54) is 57.8 Å². The molecule has 10 heteroatoms. The van der Waals surface area contributed by atoms with Crippen LogP contribution in [-0.2, 0) is 36.9 Å². The van der Waals surface area contributed by atoms with Crippen molar-refractivity contribution in [2.75, 3.05) is 25.0 Å². The number of hydrogen-bond donors (Lipinski definition) is 5. The molecule has 0 heterocycles. The normalized spacial score (nSPS) is 28.4. The number of carbonyl (C=O) groups is 4. The van der Waals surface area contributed by atoms with Crippen molar-refractivity contribution < 1.29 is 29.0 Å². The minimum Gasteiger partial charge on any atom is -0.392 e. The topological polar surface area (TPSA) is 146 Å². The van der Waals surface area contributed by atoms with E-state index < -0.39 is 23.8 Å². The Kier molecular flexibility index (Phi) is 16.7. The van der Waals surface area contributed by atoms with Crippen molar-refractivity contribution in [3.05, 3.63) is 77.4 Å². The highest BCUT2D eigenvalue weighted by Gasteiger charge is 2.63. The molecule has 5 N–H and O–H groups in total. The number of rotatable bonds is 21. The highest BCUT2D eigenvalue weighted by molar-refractivity contribution is 5.96. The second-order valence-electron chi connectivity index (χ2n) is 20.8. The zero-order valence-corrected chi connectivity index (χ0v) is 39.2. The van der Waals surface area contributed by atoms with Gasteiger partial charge in [0.1, 0.15) is 6.04 Å². The van der Waals surface area contributed by atoms with Crippen molar-refractivity contribution in [2.24, 2.45) is 45.8 Å². The van der Waals surface area contributed by atoms with Crippen LogP contribution in [0.3, 0.4) is 0 Å². The van der Waals surface area contributed by atoms with Gasteiger partial charge < -0.3 is 31.1 Å². The molecule has 6 rings (SSSR count). The van der Waals surface area contributed by atoms with Crippen molar-refractivity contribution in [1.29, 1.82) is 0 Å². The summed E-state index contributed by atoms with van der Waals surface area (Å²) < 4.78 is 6.44. The third-order valence-electron chi connectivity index (χ3n) is 16.6. The summed E-state index contributed by atoms with van der Waals surface area (Å²) in [5.74, 6) is 2.42. The maximum atomic E-state index is 13.2. The Morgan fingerprint density at radius 3 is 2.25 bits per heavy atom. The molecule has 0 spiro atoms. The molecule has 9 atom stereocenters. The average molecular weight is 867 g/mol. The van der Waals surface area contributed by atoms with Gasteiger partial charge in [0.15, 0.2) is 0 Å². The summed E-state index contributed by atoms with van der Waals surface area (Å²) in [5, 5.41) is 20.3. The molecule has 0 aromatic heterocycles. The van der Waals surface area contributed by atoms with Crippen LogP contribution in [0.2, 0.25) is 0 Å². The van der Waals surface area contributed by atoms with Gasteiger partial charge in [-0.25, -0.2) is 0 Å². The molecule has 4 aliphatic carbocycles. The predicted octanol–water partition coefficient (Wildman–Crippen LogP) is 9.06. The molecule has 0 radical (unpaired) electrons. The number of anilines is 1. The number of hydrogen-bond acceptors (Lipinski definition) is 6. The molecular formula is C53H78N4O6. The molecule has 4 amide bonds. The quantitative estimate of drug-likeness (QED) is 0.0626. The van der Waals surface area contributed by atoms with Crippen LogP contribution in [0.1, 0.15) is 143 Å². The average Bonchev–Trinajstić information content (AvgIpc) is 3.55. The van der Waals surface area contributed by atoms with E-state index in [0.717, 1.165) is 53.6 Å². The molecule has 3 unspecified atom stereocenters. The van der Waals surface area contributed by atoms with Crippen LogP contribution in [0, 0.1) is 45.8 Å². The number of fused-ring (bicyclic) bond motifs is 5. The Balaban J connectivity index is 0.898. The van der Waals surface area contributed by atoms with E-state index in [1.807, 2.05) is 30.3 Å². The fourth-order valence-corrected chi connectivity index (χ4v) is 12.4. The lowest BCUT2D eigenvalue weighted by atomic mass is 9.44. The molecular weight excluding hydrogens is 789 g/mol. The van der Waals surface area contributed by atoms with Gasteiger partial charge in [0.25, 0.3) is 0 Å². The van der Waals surface area contributed by atoms with Gasteiger partial charge in [-0.15, -0.1) is 0 Å². The van der Waals surface area contributed by atoms with Crippen LogP contribution in [0.4, 0.5) is 5.69 Å². The van der Waals surface area contributed by atoms with Crippen LogP contribution in [-0.4, -0.2) is 60.6 Å². The smallest absolute Gasteiger partial charge is 0.243 e. The number of nitrogens with one attached hydrogen (secondary N) is 4. The fourth-order valence-electron chi connectivity index (χ4n) is 12.4. The SMILES string of the molecule is CC(C)CCC[C@@H](C)C1(C)CCC2[C@@H]3CC=C4C[C@@H](OCCCNC(=O)CCC(=O)N[C@@H](Cc5ccccc5)C(=O)NCC(=O)Nc5ccc(CO)cc5)CC[C@]4(C)C3CC[C@@]21C. The Labute approximate surface area is 377 Å². The van der Waals surface area contributed by atoms with Crippen LogP contribution in [0.15, 0.2) is 66.2 Å². The first-order chi connectivity index (χ1) is 30.1. The first-order valence-corrected chi connectivity index (χ1v) is 24.3. The molecule has 0 bridgehead atoms. The van der Waals surface area contributed by atoms with Gasteiger partial charge >= 0.3 is 0 Å². The van der Waals surface area contributed by atoms with Gasteiger partial charge in [-0.1, -0.05) is 115 Å². The second-order valence-corrected chi connectivity index (χ2v) is 20.8. The van der Waals surface area contributed by atoms with Crippen molar-refractivity contribution in [2.45, 2.75) is 157 Å². The summed E-state index contributed by atoms with van der Waals surface area (Å²) in [4.78, 5) is 51.5. The molecule has 0 saturated heterocycles. The molecule has 63 heavy (non-hydrogen) atoms. The van der Waals surface area contributed by atoms with E-state index >= 15 is 0 Å². The first kappa shape index (κ1) is 48.4. The van der Waals surface area contributed by atoms with Crippen molar-refractivity contribution >= 4 is 29.3 Å². The third kappa shape index (κ3) is 11.8. The van der Waals surface area contributed by atoms with E-state index in [9.17, 15) is 24.3 Å². The van der Waals surface area contributed by atoms with Crippen molar-refractivity contribution in [3.63, 3.8) is 0 Å². The summed E-state index contributed by atoms with van der Waals surface area (Å²) in [6, 6.07) is 15.1. The highest BCUT2D eigenvalue weighted by atomic mass is 16.5. The highest BCUT2D eigenvalue weighted by Crippen LogP contribution is 2.71. The van der Waals surface area contributed by atoms with Gasteiger partial charge in [-0.05, 0) is 127 Å². The Bertz CT molecular complexity index is 1880. The van der Waals surface area contributed by atoms with Crippen molar-refractivity contribution in [1.82, 2.24) is 16.0 Å². The molecule has 0 aliphatic heterocycles. The predicted molar refractivity (Wildman–Crippen MR) is 250 cm³/mol. The molecule has 10 nitrogen and oxygen atoms in total. The number of benzene rings is 2. The number of aliphatic hydroxyl groups excluding tert-OH is 1. The lowest BCUT2D eigenvalue weighted by molar-refractivity contribution is -0.130. The van der Waals surface area contributed by atoms with E-state index in [0.29, 0.717) is 36.1 Å². The molecule has 3 saturated carbocycles. The molecule has 2 aromatic rings. The van der Waals surface area contributed by atoms with Gasteiger partial charge in [0.2, 0.25) is 23.6 Å². The van der Waals surface area contributed by atoms with Crippen LogP contribution in [0.25, 0.3) is 0 Å². The summed E-state index contributed by atoms with van der Waals surface area (Å²) in [7, 11) is 0. The zero-order chi connectivity index (χ0) is 45.2. The van der Waals surface area contributed by atoms with E-state index in [2.05, 4.69) is 68.9 Å². The largest absolute Gasteiger partial charge is 0.392 e. The molecule has 4 aliphatic rings. The van der Waals surface area contributed by atoms with Gasteiger partial charge in [0, 0.05) is 38.1 Å². The monoisotopic (exact) mass is 867 g/mol. The number of allylic oxidation sites excluding steroid dienone is 1. The number of aliphatic hydroxyl groups is 1. The second kappa shape index (κ2) is 21.8. The first-order valence-electron chi connectivity index (χ1n) is 24.3. The fraction of sp³-hybridized carbons (Fsp3) is 0.660. The number of carbonyl (C=O) groups excluding carboxylic acids is 4. The standard InChI is InChI=1S/C53H78N4O6/c1-36(2)12-10-13-37(3)52(5)28-26-45-43-21-18-40-33-42(24-27-51(40,4)44(43)25-29-53(45,52)6)63-31-11-30-54-47(59)22-23-48(60)57-46(32-38-14-8-7-9-15-38)50(62)55-34-49(61)56-41-19-16-39(35-58)17-20-41/h7-9,14-20,36-37,42-46,58H,10-13,21-35H2,1-6H3,(H,54,59)(H,55,62)(H,56,61)(H,57,60)/t37-,42+,43-,44?,45?,46+,51+,52?,53+/m1/s1. The van der Waals surface area contributed by atoms with Crippen LogP contribution >= 0.6 is 0 Å². The maximum absolute atomic E-state index is 13.2. The summed E-state index contributed by atoms with van der Waals surface area (Å²) in [6.07, 6.45) is 17.9. The van der Waals surface area contributed by atoms with Gasteiger partial charge in [-0.3, -0.25) is 19.2 Å². The third-order valence-corrected chi connectivity index (χ3v) is 16.6. The number of amides is 4. The minimum absolute atomic E-state index is 0.00204. The van der Waals surface area contributed by atoms with Crippen LogP contribution < -0.4 is 21.3 Å². The number of ether oxygens (including phenoxy) is 1. The molecule has 2 aromatic carbocycles. The van der Waals surface area contributed by atoms with E-state index in [4.69, 9.17) is 4.74 Å². The van der Waals surface area contributed by atoms with Crippen LogP contribution in [0.5, 0.6) is 0 Å². The summed E-state index contributed by atoms with van der Waals surface area (Å²) in [5.41, 5.74) is 4.90. The van der Waals surface area contributed by atoms with Gasteiger partial charge in [0.05, 0.1) is 19.3 Å². The van der Waals surface area contributed by atoms with Crippen molar-refractivity contribution in [3.8, 4) is 0 Å². The Hall–Kier alpha value is -4.02. The van der Waals surface area contributed by atoms with E-state index in [1.54, 1.807) is 29.8 Å². The minimum atomic E-state index is -0.930. The lowest BCUT2D eigenvalue weighted by Gasteiger charge is -2.60. The summed E-state index contributed by atoms with van der Waals surface area (Å²) >= 11 is 0. The molecule has 346 valence electrons. The maximum Gasteiger partial charge on any atom is 0.243 e. The van der Waals surface area contributed by atoms with E-state index in [-0.39, 0.29) is 49.8 Å². The zero-order valence-electron chi connectivity index (χ0n) is 39.2. The molecule has 3 fully saturated rings. The lowest BCUT2D eigenvalue weighted by Crippen LogP contribution is -2.53. The Morgan fingerprint density at radius 2 is 1.52 bits per heavy atom. The Morgan fingerprint density at radius 1 is 0.794 bits per heavy atom.